The fourth-order valence-electron chi connectivity index (χ4n) is 4.52. The number of nitrogens with zero attached hydrogens (tertiary/aromatic N) is 1. The Morgan fingerprint density at radius 3 is 3.10 bits per heavy atom. The molecule has 29 heavy (non-hydrogen) atoms. The summed E-state index contributed by atoms with van der Waals surface area (Å²) < 4.78 is 0. The minimum atomic E-state index is 0.0360. The first-order valence-electron chi connectivity index (χ1n) is 10.5. The molecule has 0 aliphatic heterocycles. The largest absolute Gasteiger partial charge is 0.361 e. The fourth-order valence-corrected chi connectivity index (χ4v) is 5.91. The first kappa shape index (κ1) is 18.6. The van der Waals surface area contributed by atoms with Crippen LogP contribution in [0, 0.1) is 5.92 Å². The lowest BCUT2D eigenvalue weighted by Gasteiger charge is -2.17. The van der Waals surface area contributed by atoms with E-state index in [4.69, 9.17) is 4.98 Å². The average Bonchev–Trinajstić information content (AvgIpc) is 3.28. The summed E-state index contributed by atoms with van der Waals surface area (Å²) in [5, 5.41) is 4.40. The van der Waals surface area contributed by atoms with Crippen molar-refractivity contribution in [1.29, 1.82) is 0 Å². The molecule has 0 saturated carbocycles. The summed E-state index contributed by atoms with van der Waals surface area (Å²) in [5.74, 6) is 1.49. The van der Waals surface area contributed by atoms with Crippen molar-refractivity contribution in [2.24, 2.45) is 5.92 Å². The van der Waals surface area contributed by atoms with Crippen molar-refractivity contribution in [2.45, 2.75) is 45.6 Å². The Labute approximate surface area is 173 Å². The lowest BCUT2D eigenvalue weighted by Crippen LogP contribution is -2.85. The second-order valence-corrected chi connectivity index (χ2v) is 9.49. The molecule has 0 spiro atoms. The van der Waals surface area contributed by atoms with Crippen molar-refractivity contribution in [3.8, 4) is 0 Å². The molecule has 0 unspecified atom stereocenters. The SMILES string of the molecule is C[C@@H]1CCc2c(sc3nc([C@@H](C)[NH2+]CCc4c[nH]c5ccccc45)[nH]c(=O)c23)C1. The van der Waals surface area contributed by atoms with E-state index in [-0.39, 0.29) is 11.6 Å². The molecule has 1 aromatic carbocycles. The third kappa shape index (κ3) is 3.40. The number of benzene rings is 1. The minimum Gasteiger partial charge on any atom is -0.361 e. The number of para-hydroxylation sites is 1. The van der Waals surface area contributed by atoms with Gasteiger partial charge in [-0.05, 0) is 49.3 Å². The fraction of sp³-hybridized carbons (Fsp3) is 0.391. The highest BCUT2D eigenvalue weighted by molar-refractivity contribution is 7.18. The zero-order valence-electron chi connectivity index (χ0n) is 16.9. The highest BCUT2D eigenvalue weighted by Gasteiger charge is 2.24. The summed E-state index contributed by atoms with van der Waals surface area (Å²) in [6, 6.07) is 8.53. The number of rotatable bonds is 5. The molecule has 5 nitrogen and oxygen atoms in total. The first-order valence-corrected chi connectivity index (χ1v) is 11.3. The smallest absolute Gasteiger partial charge is 0.260 e. The van der Waals surface area contributed by atoms with Crippen LogP contribution < -0.4 is 10.9 Å². The van der Waals surface area contributed by atoms with Crippen LogP contribution in [0.15, 0.2) is 35.3 Å². The van der Waals surface area contributed by atoms with Crippen molar-refractivity contribution < 1.29 is 5.32 Å². The van der Waals surface area contributed by atoms with Gasteiger partial charge >= 0.3 is 0 Å². The summed E-state index contributed by atoms with van der Waals surface area (Å²) in [4.78, 5) is 26.4. The zero-order chi connectivity index (χ0) is 20.0. The lowest BCUT2D eigenvalue weighted by atomic mass is 9.89. The molecule has 1 aliphatic carbocycles. The summed E-state index contributed by atoms with van der Waals surface area (Å²) in [7, 11) is 0. The predicted octanol–water partition coefficient (Wildman–Crippen LogP) is 3.46. The van der Waals surface area contributed by atoms with Gasteiger partial charge in [0.1, 0.15) is 10.9 Å². The highest BCUT2D eigenvalue weighted by Crippen LogP contribution is 2.35. The maximum absolute atomic E-state index is 12.8. The van der Waals surface area contributed by atoms with Gasteiger partial charge < -0.3 is 15.3 Å². The highest BCUT2D eigenvalue weighted by atomic mass is 32.1. The van der Waals surface area contributed by atoms with Crippen molar-refractivity contribution in [1.82, 2.24) is 15.0 Å². The van der Waals surface area contributed by atoms with Crippen molar-refractivity contribution in [2.75, 3.05) is 6.54 Å². The van der Waals surface area contributed by atoms with Crippen molar-refractivity contribution in [3.63, 3.8) is 0 Å². The van der Waals surface area contributed by atoms with Crippen LogP contribution in [0.5, 0.6) is 0 Å². The van der Waals surface area contributed by atoms with E-state index < -0.39 is 0 Å². The van der Waals surface area contributed by atoms with Gasteiger partial charge in [0.25, 0.3) is 5.56 Å². The van der Waals surface area contributed by atoms with E-state index in [9.17, 15) is 4.79 Å². The van der Waals surface area contributed by atoms with Crippen LogP contribution in [0.2, 0.25) is 0 Å². The third-order valence-corrected chi connectivity index (χ3v) is 7.37. The molecule has 0 amide bonds. The lowest BCUT2D eigenvalue weighted by molar-refractivity contribution is -0.693. The number of aromatic nitrogens is 3. The molecule has 0 saturated heterocycles. The molecule has 6 heteroatoms. The Hall–Kier alpha value is -2.44. The Kier molecular flexibility index (Phi) is 4.76. The second-order valence-electron chi connectivity index (χ2n) is 8.41. The average molecular weight is 408 g/mol. The van der Waals surface area contributed by atoms with Gasteiger partial charge in [0, 0.05) is 28.4 Å². The molecule has 150 valence electrons. The van der Waals surface area contributed by atoms with Crippen LogP contribution in [0.25, 0.3) is 21.1 Å². The summed E-state index contributed by atoms with van der Waals surface area (Å²) >= 11 is 1.72. The minimum absolute atomic E-state index is 0.0360. The van der Waals surface area contributed by atoms with Crippen LogP contribution >= 0.6 is 11.3 Å². The molecule has 3 heterocycles. The summed E-state index contributed by atoms with van der Waals surface area (Å²) in [5.41, 5.74) is 3.80. The number of nitrogens with two attached hydrogens (primary N) is 1. The number of hydrogen-bond donors (Lipinski definition) is 3. The van der Waals surface area contributed by atoms with Gasteiger partial charge in [-0.2, -0.15) is 0 Å². The summed E-state index contributed by atoms with van der Waals surface area (Å²) in [6.07, 6.45) is 6.33. The van der Waals surface area contributed by atoms with E-state index in [1.165, 1.54) is 26.9 Å². The van der Waals surface area contributed by atoms with Crippen molar-refractivity contribution in [3.05, 3.63) is 62.6 Å². The summed E-state index contributed by atoms with van der Waals surface area (Å²) in [6.45, 7) is 5.36. The molecule has 1 aliphatic rings. The van der Waals surface area contributed by atoms with Gasteiger partial charge in [-0.25, -0.2) is 4.98 Å². The molecule has 0 bridgehead atoms. The predicted molar refractivity (Wildman–Crippen MR) is 119 cm³/mol. The van der Waals surface area contributed by atoms with Gasteiger partial charge in [0.2, 0.25) is 0 Å². The van der Waals surface area contributed by atoms with E-state index in [1.54, 1.807) is 11.3 Å². The molecule has 4 aromatic rings. The van der Waals surface area contributed by atoms with E-state index in [0.717, 1.165) is 48.3 Å². The molecule has 0 fully saturated rings. The van der Waals surface area contributed by atoms with E-state index >= 15 is 0 Å². The molecular weight excluding hydrogens is 380 g/mol. The second kappa shape index (κ2) is 7.43. The standard InChI is InChI=1S/C23H26N4OS/c1-13-7-8-17-19(11-13)29-23-20(17)22(28)26-21(27-23)14(2)24-10-9-15-12-25-18-6-4-3-5-16(15)18/h3-6,12-14,24-25H,7-11H2,1-2H3,(H,26,27,28)/p+1/t13-,14-/m1/s1. The molecule has 2 atom stereocenters. The Morgan fingerprint density at radius 2 is 2.21 bits per heavy atom. The molecule has 3 aromatic heterocycles. The van der Waals surface area contributed by atoms with E-state index in [1.807, 2.05) is 0 Å². The van der Waals surface area contributed by atoms with Crippen molar-refractivity contribution >= 4 is 32.5 Å². The van der Waals surface area contributed by atoms with Gasteiger partial charge in [0.15, 0.2) is 5.82 Å². The number of hydrogen-bond acceptors (Lipinski definition) is 3. The topological polar surface area (TPSA) is 78.2 Å². The monoisotopic (exact) mass is 407 g/mol. The number of quaternary nitrogens is 1. The number of thiophene rings is 1. The van der Waals surface area contributed by atoms with Crippen LogP contribution in [0.1, 0.15) is 48.1 Å². The maximum atomic E-state index is 12.8. The van der Waals surface area contributed by atoms with Gasteiger partial charge in [-0.3, -0.25) is 4.79 Å². The van der Waals surface area contributed by atoms with Gasteiger partial charge in [0.05, 0.1) is 11.9 Å². The van der Waals surface area contributed by atoms with E-state index in [0.29, 0.717) is 5.92 Å². The maximum Gasteiger partial charge on any atom is 0.260 e. The third-order valence-electron chi connectivity index (χ3n) is 6.22. The number of nitrogens with one attached hydrogen (secondary N) is 2. The number of fused-ring (bicyclic) bond motifs is 4. The van der Waals surface area contributed by atoms with Gasteiger partial charge in [-0.15, -0.1) is 11.3 Å². The van der Waals surface area contributed by atoms with Crippen LogP contribution in [0.3, 0.4) is 0 Å². The molecular formula is C23H27N4OS+. The molecule has 0 radical (unpaired) electrons. The Bertz CT molecular complexity index is 1230. The number of aromatic amines is 2. The quantitative estimate of drug-likeness (QED) is 0.474. The van der Waals surface area contributed by atoms with Crippen LogP contribution in [-0.2, 0) is 19.3 Å². The molecule has 5 rings (SSSR count). The van der Waals surface area contributed by atoms with Crippen LogP contribution in [-0.4, -0.2) is 21.5 Å². The van der Waals surface area contributed by atoms with Crippen LogP contribution in [0.4, 0.5) is 0 Å². The first-order chi connectivity index (χ1) is 14.1. The molecule has 4 N–H and O–H groups in total. The van der Waals surface area contributed by atoms with E-state index in [2.05, 4.69) is 59.6 Å². The van der Waals surface area contributed by atoms with Gasteiger partial charge in [-0.1, -0.05) is 25.1 Å². The Balaban J connectivity index is 1.33. The number of H-pyrrole nitrogens is 2. The number of aryl methyl sites for hydroxylation is 1. The Morgan fingerprint density at radius 1 is 1.34 bits per heavy atom. The normalized spacial score (nSPS) is 17.7. The zero-order valence-corrected chi connectivity index (χ0v) is 17.7.